The van der Waals surface area contributed by atoms with Crippen molar-refractivity contribution < 1.29 is 18.7 Å². The van der Waals surface area contributed by atoms with Crippen LogP contribution in [0.15, 0.2) is 45.4 Å². The molecule has 0 aromatic carbocycles. The number of carbonyl (C=O) groups excluding carboxylic acids is 2. The maximum absolute atomic E-state index is 13.3. The maximum atomic E-state index is 13.3. The zero-order valence-corrected chi connectivity index (χ0v) is 18.8. The number of thiophene rings is 1. The van der Waals surface area contributed by atoms with Gasteiger partial charge in [0.15, 0.2) is 0 Å². The molecule has 0 saturated heterocycles. The van der Waals surface area contributed by atoms with Crippen molar-refractivity contribution in [1.29, 1.82) is 0 Å². The topological polar surface area (TPSA) is 75.3 Å². The van der Waals surface area contributed by atoms with Crippen molar-refractivity contribution in [3.63, 3.8) is 0 Å². The molecule has 2 aromatic heterocycles. The number of methoxy groups -OCH3 is 1. The van der Waals surface area contributed by atoms with Gasteiger partial charge in [-0.1, -0.05) is 26.8 Å². The number of carbonyl (C=O) groups is 2. The van der Waals surface area contributed by atoms with Crippen molar-refractivity contribution in [2.75, 3.05) is 26.8 Å². The summed E-state index contributed by atoms with van der Waals surface area (Å²) in [5.74, 6) is 0.383. The predicted octanol–water partition coefficient (Wildman–Crippen LogP) is 3.93. The molecule has 1 aliphatic heterocycles. The second-order valence-corrected chi connectivity index (χ2v) is 9.49. The van der Waals surface area contributed by atoms with Crippen molar-refractivity contribution in [1.82, 2.24) is 9.91 Å². The first kappa shape index (κ1) is 22.2. The van der Waals surface area contributed by atoms with Crippen LogP contribution in [0.4, 0.5) is 0 Å². The highest BCUT2D eigenvalue weighted by Gasteiger charge is 2.36. The molecule has 0 radical (unpaired) electrons. The van der Waals surface area contributed by atoms with Crippen LogP contribution in [0.25, 0.3) is 0 Å². The van der Waals surface area contributed by atoms with Gasteiger partial charge in [0.2, 0.25) is 5.91 Å². The molecule has 2 amide bonds. The summed E-state index contributed by atoms with van der Waals surface area (Å²) < 4.78 is 10.7. The van der Waals surface area contributed by atoms with E-state index >= 15 is 0 Å². The minimum Gasteiger partial charge on any atom is -0.467 e. The van der Waals surface area contributed by atoms with Crippen LogP contribution in [-0.4, -0.2) is 54.2 Å². The van der Waals surface area contributed by atoms with E-state index in [4.69, 9.17) is 9.15 Å². The largest absolute Gasteiger partial charge is 0.467 e. The van der Waals surface area contributed by atoms with E-state index in [9.17, 15) is 9.59 Å². The number of ether oxygens (including phenoxy) is 1. The van der Waals surface area contributed by atoms with E-state index in [0.29, 0.717) is 31.8 Å². The van der Waals surface area contributed by atoms with Crippen molar-refractivity contribution >= 4 is 28.9 Å². The Morgan fingerprint density at radius 3 is 2.73 bits per heavy atom. The standard InChI is InChI=1S/C22H29N3O4S/c1-22(2,3)14-20(26)24(9-11-28-4)15-21(27)25-17(18-7-5-10-29-18)13-16(23-25)19-8-6-12-30-19/h5-8,10,12,17H,9,11,13-15H2,1-4H3/t17-/m0/s1. The van der Waals surface area contributed by atoms with Gasteiger partial charge in [0.25, 0.3) is 5.91 Å². The quantitative estimate of drug-likeness (QED) is 0.635. The molecule has 0 spiro atoms. The summed E-state index contributed by atoms with van der Waals surface area (Å²) in [6.07, 6.45) is 2.53. The minimum atomic E-state index is -0.313. The monoisotopic (exact) mass is 431 g/mol. The molecule has 3 heterocycles. The normalized spacial score (nSPS) is 16.6. The van der Waals surface area contributed by atoms with E-state index in [1.807, 2.05) is 44.4 Å². The number of hydrogen-bond acceptors (Lipinski definition) is 6. The van der Waals surface area contributed by atoms with Crippen LogP contribution in [0.2, 0.25) is 0 Å². The summed E-state index contributed by atoms with van der Waals surface area (Å²) in [6, 6.07) is 7.30. The number of nitrogens with zero attached hydrogens (tertiary/aromatic N) is 3. The van der Waals surface area contributed by atoms with E-state index in [-0.39, 0.29) is 29.8 Å². The van der Waals surface area contributed by atoms with Crippen LogP contribution < -0.4 is 0 Å². The number of hydrogen-bond donors (Lipinski definition) is 0. The van der Waals surface area contributed by atoms with E-state index in [0.717, 1.165) is 10.6 Å². The van der Waals surface area contributed by atoms with Crippen LogP contribution in [0.1, 0.15) is 50.3 Å². The molecule has 1 aliphatic rings. The van der Waals surface area contributed by atoms with E-state index in [2.05, 4.69) is 5.10 Å². The highest BCUT2D eigenvalue weighted by atomic mass is 32.1. The van der Waals surface area contributed by atoms with E-state index < -0.39 is 0 Å². The predicted molar refractivity (Wildman–Crippen MR) is 116 cm³/mol. The van der Waals surface area contributed by atoms with Crippen LogP contribution in [-0.2, 0) is 14.3 Å². The average Bonchev–Trinajstić information content (AvgIpc) is 3.43. The fraction of sp³-hybridized carbons (Fsp3) is 0.500. The third-order valence-electron chi connectivity index (χ3n) is 4.77. The molecule has 1 atom stereocenters. The number of amides is 2. The molecule has 162 valence electrons. The fourth-order valence-electron chi connectivity index (χ4n) is 3.33. The molecule has 0 fully saturated rings. The summed E-state index contributed by atoms with van der Waals surface area (Å²) in [5, 5.41) is 8.08. The highest BCUT2D eigenvalue weighted by molar-refractivity contribution is 7.12. The maximum Gasteiger partial charge on any atom is 0.262 e. The lowest BCUT2D eigenvalue weighted by atomic mass is 9.91. The lowest BCUT2D eigenvalue weighted by Gasteiger charge is -2.28. The number of furan rings is 1. The molecule has 8 heteroatoms. The molecule has 30 heavy (non-hydrogen) atoms. The van der Waals surface area contributed by atoms with Gasteiger partial charge in [-0.2, -0.15) is 5.10 Å². The Bertz CT molecular complexity index is 869. The Morgan fingerprint density at radius 2 is 2.13 bits per heavy atom. The second kappa shape index (κ2) is 9.57. The van der Waals surface area contributed by atoms with Gasteiger partial charge in [0.1, 0.15) is 18.3 Å². The fourth-order valence-corrected chi connectivity index (χ4v) is 4.05. The molecule has 0 aliphatic carbocycles. The second-order valence-electron chi connectivity index (χ2n) is 8.54. The molecule has 3 rings (SSSR count). The summed E-state index contributed by atoms with van der Waals surface area (Å²) in [7, 11) is 1.58. The zero-order chi connectivity index (χ0) is 21.7. The summed E-state index contributed by atoms with van der Waals surface area (Å²) in [6.45, 7) is 6.70. The minimum absolute atomic E-state index is 0.0449. The van der Waals surface area contributed by atoms with Gasteiger partial charge in [0.05, 0.1) is 23.5 Å². The van der Waals surface area contributed by atoms with Crippen molar-refractivity contribution in [3.05, 3.63) is 46.5 Å². The van der Waals surface area contributed by atoms with Gasteiger partial charge < -0.3 is 14.1 Å². The Kier molecular flexibility index (Phi) is 7.10. The first-order valence-electron chi connectivity index (χ1n) is 10.0. The van der Waals surface area contributed by atoms with Crippen LogP contribution in [0, 0.1) is 5.41 Å². The molecule has 2 aromatic rings. The lowest BCUT2D eigenvalue weighted by Crippen LogP contribution is -2.43. The molecule has 0 saturated carbocycles. The van der Waals surface area contributed by atoms with Gasteiger partial charge in [0, 0.05) is 26.5 Å². The Hall–Kier alpha value is -2.45. The van der Waals surface area contributed by atoms with Gasteiger partial charge >= 0.3 is 0 Å². The first-order chi connectivity index (χ1) is 14.3. The zero-order valence-electron chi connectivity index (χ0n) is 18.0. The molecular weight excluding hydrogens is 402 g/mol. The molecule has 0 bridgehead atoms. The van der Waals surface area contributed by atoms with Gasteiger partial charge in [-0.05, 0) is 29.0 Å². The van der Waals surface area contributed by atoms with E-state index in [1.54, 1.807) is 35.7 Å². The summed E-state index contributed by atoms with van der Waals surface area (Å²) >= 11 is 1.59. The molecule has 0 N–H and O–H groups in total. The average molecular weight is 432 g/mol. The van der Waals surface area contributed by atoms with Crippen LogP contribution in [0.5, 0.6) is 0 Å². The van der Waals surface area contributed by atoms with Crippen molar-refractivity contribution in [3.8, 4) is 0 Å². The molecular formula is C22H29N3O4S. The van der Waals surface area contributed by atoms with E-state index in [1.165, 1.54) is 5.01 Å². The van der Waals surface area contributed by atoms with Crippen LogP contribution >= 0.6 is 11.3 Å². The smallest absolute Gasteiger partial charge is 0.262 e. The lowest BCUT2D eigenvalue weighted by molar-refractivity contribution is -0.143. The Morgan fingerprint density at radius 1 is 1.33 bits per heavy atom. The number of hydrazone groups is 1. The number of rotatable bonds is 8. The first-order valence-corrected chi connectivity index (χ1v) is 10.9. The Balaban J connectivity index is 1.80. The highest BCUT2D eigenvalue weighted by Crippen LogP contribution is 2.34. The molecule has 7 nitrogen and oxygen atoms in total. The van der Waals surface area contributed by atoms with Gasteiger partial charge in [-0.3, -0.25) is 9.59 Å². The van der Waals surface area contributed by atoms with Gasteiger partial charge in [-0.15, -0.1) is 11.3 Å². The summed E-state index contributed by atoms with van der Waals surface area (Å²) in [5.41, 5.74) is 0.685. The Labute approximate surface area is 181 Å². The summed E-state index contributed by atoms with van der Waals surface area (Å²) in [4.78, 5) is 28.7. The van der Waals surface area contributed by atoms with Crippen LogP contribution in [0.3, 0.4) is 0 Å². The van der Waals surface area contributed by atoms with Crippen molar-refractivity contribution in [2.45, 2.75) is 39.7 Å². The SMILES string of the molecule is COCCN(CC(=O)N1N=C(c2cccs2)C[C@H]1c1ccco1)C(=O)CC(C)(C)C. The van der Waals surface area contributed by atoms with Gasteiger partial charge in [-0.25, -0.2) is 5.01 Å². The third-order valence-corrected chi connectivity index (χ3v) is 5.69. The molecule has 0 unspecified atom stereocenters. The van der Waals surface area contributed by atoms with Crippen molar-refractivity contribution in [2.24, 2.45) is 10.5 Å². The third kappa shape index (κ3) is 5.58.